The van der Waals surface area contributed by atoms with Crippen molar-refractivity contribution in [1.29, 1.82) is 0 Å². The summed E-state index contributed by atoms with van der Waals surface area (Å²) in [6.07, 6.45) is 2.65. The molecule has 174 valence electrons. The molecule has 2 N–H and O–H groups in total. The van der Waals surface area contributed by atoms with Crippen LogP contribution in [0.3, 0.4) is 0 Å². The Morgan fingerprint density at radius 1 is 0.882 bits per heavy atom. The number of rotatable bonds is 10. The van der Waals surface area contributed by atoms with Crippen molar-refractivity contribution in [3.8, 4) is 28.3 Å². The van der Waals surface area contributed by atoms with Gasteiger partial charge >= 0.3 is 0 Å². The van der Waals surface area contributed by atoms with Crippen LogP contribution in [0.2, 0.25) is 0 Å². The maximum absolute atomic E-state index is 13.1. The number of amides is 1. The molecule has 7 heteroatoms. The van der Waals surface area contributed by atoms with Crippen LogP contribution in [-0.4, -0.2) is 43.0 Å². The third-order valence-electron chi connectivity index (χ3n) is 5.39. The van der Waals surface area contributed by atoms with Gasteiger partial charge in [-0.05, 0) is 48.4 Å². The number of aromatic nitrogens is 2. The van der Waals surface area contributed by atoms with Gasteiger partial charge in [-0.25, -0.2) is 4.68 Å². The number of para-hydroxylation sites is 2. The summed E-state index contributed by atoms with van der Waals surface area (Å²) >= 11 is 0. The molecule has 0 fully saturated rings. The lowest BCUT2D eigenvalue weighted by Gasteiger charge is -2.10. The van der Waals surface area contributed by atoms with Gasteiger partial charge in [0.25, 0.3) is 5.91 Å². The van der Waals surface area contributed by atoms with Crippen LogP contribution >= 0.6 is 0 Å². The molecule has 0 radical (unpaired) electrons. The number of benzene rings is 3. The number of hydrogen-bond acceptors (Lipinski definition) is 5. The summed E-state index contributed by atoms with van der Waals surface area (Å²) in [5.74, 6) is 0.989. The van der Waals surface area contributed by atoms with Crippen molar-refractivity contribution in [3.05, 3.63) is 90.8 Å². The number of nitrogens with zero attached hydrogens (tertiary/aromatic N) is 2. The van der Waals surface area contributed by atoms with E-state index in [-0.39, 0.29) is 5.91 Å². The molecule has 0 saturated heterocycles. The first-order valence-electron chi connectivity index (χ1n) is 11.1. The minimum atomic E-state index is -0.223. The number of carbonyl (C=O) groups excluding carboxylic acids is 1. The number of methoxy groups -OCH3 is 2. The lowest BCUT2D eigenvalue weighted by molar-refractivity contribution is 0.0949. The number of anilines is 1. The van der Waals surface area contributed by atoms with Crippen molar-refractivity contribution in [2.75, 3.05) is 32.6 Å². The molecule has 0 saturated carbocycles. The minimum Gasteiger partial charge on any atom is -0.493 e. The van der Waals surface area contributed by atoms with Crippen molar-refractivity contribution in [1.82, 2.24) is 15.1 Å². The highest BCUT2D eigenvalue weighted by Gasteiger charge is 2.20. The van der Waals surface area contributed by atoms with Gasteiger partial charge in [-0.2, -0.15) is 5.10 Å². The molecule has 0 aliphatic heterocycles. The summed E-state index contributed by atoms with van der Waals surface area (Å²) in [6.45, 7) is 1.29. The number of nitrogens with one attached hydrogen (secondary N) is 2. The predicted octanol–water partition coefficient (Wildman–Crippen LogP) is 4.79. The second-order valence-electron chi connectivity index (χ2n) is 7.64. The zero-order valence-electron chi connectivity index (χ0n) is 19.3. The van der Waals surface area contributed by atoms with E-state index in [0.717, 1.165) is 29.9 Å². The Morgan fingerprint density at radius 3 is 2.29 bits per heavy atom. The Bertz CT molecular complexity index is 1220. The van der Waals surface area contributed by atoms with Crippen molar-refractivity contribution < 1.29 is 14.3 Å². The molecule has 0 aliphatic rings. The first-order chi connectivity index (χ1) is 16.7. The normalized spacial score (nSPS) is 10.5. The molecule has 34 heavy (non-hydrogen) atoms. The van der Waals surface area contributed by atoms with E-state index < -0.39 is 0 Å². The van der Waals surface area contributed by atoms with Crippen molar-refractivity contribution in [2.24, 2.45) is 0 Å². The maximum atomic E-state index is 13.1. The number of carbonyl (C=O) groups is 1. The van der Waals surface area contributed by atoms with Crippen LogP contribution in [0.5, 0.6) is 11.5 Å². The van der Waals surface area contributed by atoms with E-state index in [0.29, 0.717) is 29.3 Å². The Kier molecular flexibility index (Phi) is 7.45. The summed E-state index contributed by atoms with van der Waals surface area (Å²) in [5.41, 5.74) is 3.81. The van der Waals surface area contributed by atoms with E-state index in [9.17, 15) is 4.79 Å². The van der Waals surface area contributed by atoms with E-state index in [1.807, 2.05) is 85.1 Å². The van der Waals surface area contributed by atoms with E-state index in [1.165, 1.54) is 0 Å². The second-order valence-corrected chi connectivity index (χ2v) is 7.64. The zero-order valence-corrected chi connectivity index (χ0v) is 19.3. The Hall–Kier alpha value is -4.26. The van der Waals surface area contributed by atoms with Crippen LogP contribution in [0.4, 0.5) is 5.69 Å². The Labute approximate surface area is 199 Å². The van der Waals surface area contributed by atoms with Gasteiger partial charge in [0.05, 0.1) is 19.9 Å². The molecular weight excluding hydrogens is 428 g/mol. The van der Waals surface area contributed by atoms with Crippen molar-refractivity contribution in [2.45, 2.75) is 6.42 Å². The molecule has 0 bridgehead atoms. The van der Waals surface area contributed by atoms with Crippen LogP contribution in [-0.2, 0) is 0 Å². The number of hydrogen-bond donors (Lipinski definition) is 2. The molecule has 7 nitrogen and oxygen atoms in total. The van der Waals surface area contributed by atoms with Gasteiger partial charge in [0, 0.05) is 30.5 Å². The first-order valence-corrected chi connectivity index (χ1v) is 11.1. The average molecular weight is 457 g/mol. The third kappa shape index (κ3) is 5.38. The van der Waals surface area contributed by atoms with Gasteiger partial charge in [-0.3, -0.25) is 4.79 Å². The first kappa shape index (κ1) is 22.9. The van der Waals surface area contributed by atoms with E-state index in [1.54, 1.807) is 18.9 Å². The van der Waals surface area contributed by atoms with Crippen LogP contribution < -0.4 is 20.1 Å². The SMILES string of the molecule is COc1ccc(-c2cn(-c3ccccc3)nc2C(=O)NCCCNc2ccccc2)cc1OC. The monoisotopic (exact) mass is 456 g/mol. The fourth-order valence-electron chi connectivity index (χ4n) is 3.63. The Balaban J connectivity index is 1.53. The summed E-state index contributed by atoms with van der Waals surface area (Å²) in [7, 11) is 3.18. The molecule has 1 aromatic heterocycles. The smallest absolute Gasteiger partial charge is 0.272 e. The lowest BCUT2D eigenvalue weighted by atomic mass is 10.1. The molecule has 1 heterocycles. The quantitative estimate of drug-likeness (QED) is 0.336. The van der Waals surface area contributed by atoms with Crippen LogP contribution in [0.15, 0.2) is 85.1 Å². The molecule has 0 aliphatic carbocycles. The van der Waals surface area contributed by atoms with Gasteiger partial charge in [0.15, 0.2) is 17.2 Å². The van der Waals surface area contributed by atoms with E-state index in [4.69, 9.17) is 9.47 Å². The maximum Gasteiger partial charge on any atom is 0.272 e. The number of ether oxygens (including phenoxy) is 2. The summed E-state index contributed by atoms with van der Waals surface area (Å²) < 4.78 is 12.5. The average Bonchev–Trinajstić information content (AvgIpc) is 3.35. The zero-order chi connectivity index (χ0) is 23.8. The van der Waals surface area contributed by atoms with Gasteiger partial charge in [0.2, 0.25) is 0 Å². The predicted molar refractivity (Wildman–Crippen MR) is 134 cm³/mol. The molecule has 0 unspecified atom stereocenters. The standard InChI is InChI=1S/C27H28N4O3/c1-33-24-15-14-20(18-25(24)34-2)23-19-31(22-12-7-4-8-13-22)30-26(23)27(32)29-17-9-16-28-21-10-5-3-6-11-21/h3-8,10-15,18-19,28H,9,16-17H2,1-2H3,(H,29,32). The largest absolute Gasteiger partial charge is 0.493 e. The van der Waals surface area contributed by atoms with Gasteiger partial charge in [-0.15, -0.1) is 0 Å². The second kappa shape index (κ2) is 11.0. The fraction of sp³-hybridized carbons (Fsp3) is 0.185. The third-order valence-corrected chi connectivity index (χ3v) is 5.39. The summed E-state index contributed by atoms with van der Waals surface area (Å²) in [5, 5.41) is 11.0. The highest BCUT2D eigenvalue weighted by molar-refractivity contribution is 5.99. The van der Waals surface area contributed by atoms with E-state index in [2.05, 4.69) is 15.7 Å². The van der Waals surface area contributed by atoms with Crippen LogP contribution in [0.25, 0.3) is 16.8 Å². The molecule has 4 aromatic rings. The van der Waals surface area contributed by atoms with Crippen LogP contribution in [0.1, 0.15) is 16.9 Å². The fourth-order valence-corrected chi connectivity index (χ4v) is 3.63. The summed E-state index contributed by atoms with van der Waals surface area (Å²) in [4.78, 5) is 13.1. The Morgan fingerprint density at radius 2 is 1.59 bits per heavy atom. The van der Waals surface area contributed by atoms with Gasteiger partial charge < -0.3 is 20.1 Å². The summed E-state index contributed by atoms with van der Waals surface area (Å²) in [6, 6.07) is 25.3. The molecular formula is C27H28N4O3. The molecule has 1 amide bonds. The topological polar surface area (TPSA) is 77.4 Å². The molecule has 4 rings (SSSR count). The minimum absolute atomic E-state index is 0.223. The van der Waals surface area contributed by atoms with Crippen molar-refractivity contribution >= 4 is 11.6 Å². The van der Waals surface area contributed by atoms with Gasteiger partial charge in [0.1, 0.15) is 0 Å². The lowest BCUT2D eigenvalue weighted by Crippen LogP contribution is -2.26. The highest BCUT2D eigenvalue weighted by atomic mass is 16.5. The van der Waals surface area contributed by atoms with Crippen LogP contribution in [0, 0.1) is 0 Å². The van der Waals surface area contributed by atoms with Gasteiger partial charge in [-0.1, -0.05) is 42.5 Å². The highest BCUT2D eigenvalue weighted by Crippen LogP contribution is 2.34. The van der Waals surface area contributed by atoms with Crippen molar-refractivity contribution in [3.63, 3.8) is 0 Å². The van der Waals surface area contributed by atoms with E-state index >= 15 is 0 Å². The molecule has 0 spiro atoms. The molecule has 3 aromatic carbocycles. The molecule has 0 atom stereocenters.